The third-order valence-corrected chi connectivity index (χ3v) is 4.11. The van der Waals surface area contributed by atoms with Crippen LogP contribution in [0.25, 0.3) is 0 Å². The molecule has 0 aliphatic rings. The Morgan fingerprint density at radius 1 is 1.48 bits per heavy atom. The van der Waals surface area contributed by atoms with Gasteiger partial charge in [-0.3, -0.25) is 9.89 Å². The summed E-state index contributed by atoms with van der Waals surface area (Å²) in [5.41, 5.74) is 5.93. The largest absolute Gasteiger partial charge is 0.490 e. The van der Waals surface area contributed by atoms with Gasteiger partial charge in [0.15, 0.2) is 23.9 Å². The van der Waals surface area contributed by atoms with Crippen LogP contribution in [-0.2, 0) is 11.2 Å². The number of halogens is 1. The van der Waals surface area contributed by atoms with Gasteiger partial charge in [0, 0.05) is 6.42 Å². The molecule has 0 atom stereocenters. The van der Waals surface area contributed by atoms with Gasteiger partial charge in [-0.2, -0.15) is 14.9 Å². The van der Waals surface area contributed by atoms with Crippen LogP contribution in [0.15, 0.2) is 17.2 Å². The molecule has 0 aliphatic carbocycles. The molecule has 0 unspecified atom stereocenters. The van der Waals surface area contributed by atoms with Crippen LogP contribution in [-0.4, -0.2) is 40.2 Å². The zero-order valence-electron chi connectivity index (χ0n) is 13.8. The summed E-state index contributed by atoms with van der Waals surface area (Å²) in [7, 11) is 0. The topological polar surface area (TPSA) is 108 Å². The minimum Gasteiger partial charge on any atom is -0.490 e. The second-order valence-corrected chi connectivity index (χ2v) is 6.42. The highest BCUT2D eigenvalue weighted by atomic mass is 127. The van der Waals surface area contributed by atoms with Gasteiger partial charge < -0.3 is 15.2 Å². The molecule has 25 heavy (non-hydrogen) atoms. The molecule has 134 valence electrons. The molecule has 0 saturated heterocycles. The Hall–Kier alpha value is -1.95. The molecule has 0 saturated carbocycles. The molecule has 0 bridgehead atoms. The van der Waals surface area contributed by atoms with Crippen LogP contribution < -0.4 is 15.2 Å². The van der Waals surface area contributed by atoms with Gasteiger partial charge in [0.1, 0.15) is 0 Å². The number of aryl methyl sites for hydroxylation is 1. The quantitative estimate of drug-likeness (QED) is 0.346. The fourth-order valence-corrected chi connectivity index (χ4v) is 2.98. The van der Waals surface area contributed by atoms with Crippen LogP contribution in [0.3, 0.4) is 0 Å². The molecular formula is C15H18IN5O3S. The van der Waals surface area contributed by atoms with Gasteiger partial charge in [-0.25, -0.2) is 0 Å². The number of benzene rings is 1. The Labute approximate surface area is 163 Å². The van der Waals surface area contributed by atoms with E-state index in [0.29, 0.717) is 29.3 Å². The first-order chi connectivity index (χ1) is 12.0. The first-order valence-electron chi connectivity index (χ1n) is 7.54. The number of hydrogen-bond acceptors (Lipinski definition) is 6. The van der Waals surface area contributed by atoms with Gasteiger partial charge in [-0.1, -0.05) is 6.92 Å². The van der Waals surface area contributed by atoms with Crippen molar-refractivity contribution in [3.63, 3.8) is 0 Å². The minimum atomic E-state index is -0.551. The van der Waals surface area contributed by atoms with Crippen LogP contribution in [0.5, 0.6) is 11.5 Å². The van der Waals surface area contributed by atoms with Crippen molar-refractivity contribution in [1.82, 2.24) is 14.9 Å². The Kier molecular flexibility index (Phi) is 6.93. The summed E-state index contributed by atoms with van der Waals surface area (Å²) in [5.74, 6) is 1.18. The number of carbonyl (C=O) groups is 1. The maximum Gasteiger partial charge on any atom is 0.255 e. The van der Waals surface area contributed by atoms with E-state index in [-0.39, 0.29) is 6.61 Å². The fourth-order valence-electron chi connectivity index (χ4n) is 2.01. The number of aromatic amines is 1. The monoisotopic (exact) mass is 475 g/mol. The Morgan fingerprint density at radius 3 is 2.88 bits per heavy atom. The molecule has 0 aliphatic heterocycles. The summed E-state index contributed by atoms with van der Waals surface area (Å²) in [6, 6.07) is 3.64. The Balaban J connectivity index is 2.35. The lowest BCUT2D eigenvalue weighted by molar-refractivity contribution is -0.119. The molecule has 8 nitrogen and oxygen atoms in total. The lowest BCUT2D eigenvalue weighted by Crippen LogP contribution is -2.20. The van der Waals surface area contributed by atoms with E-state index in [1.165, 1.54) is 0 Å². The molecule has 0 spiro atoms. The van der Waals surface area contributed by atoms with Gasteiger partial charge >= 0.3 is 0 Å². The number of nitrogens with one attached hydrogen (secondary N) is 1. The van der Waals surface area contributed by atoms with Crippen LogP contribution >= 0.6 is 34.8 Å². The van der Waals surface area contributed by atoms with Crippen molar-refractivity contribution in [3.05, 3.63) is 31.9 Å². The van der Waals surface area contributed by atoms with Crippen molar-refractivity contribution < 1.29 is 14.3 Å². The summed E-state index contributed by atoms with van der Waals surface area (Å²) >= 11 is 7.28. The zero-order valence-corrected chi connectivity index (χ0v) is 16.8. The molecular weight excluding hydrogens is 457 g/mol. The number of nitrogens with zero attached hydrogens (tertiary/aromatic N) is 3. The average molecular weight is 475 g/mol. The maximum atomic E-state index is 11.0. The van der Waals surface area contributed by atoms with E-state index >= 15 is 0 Å². The van der Waals surface area contributed by atoms with Crippen molar-refractivity contribution in [2.75, 3.05) is 13.2 Å². The van der Waals surface area contributed by atoms with E-state index in [1.54, 1.807) is 17.0 Å². The second kappa shape index (κ2) is 8.94. The number of nitrogens with two attached hydrogens (primary N) is 1. The molecule has 1 heterocycles. The summed E-state index contributed by atoms with van der Waals surface area (Å²) in [5, 5.41) is 11.2. The number of aromatic nitrogens is 3. The summed E-state index contributed by atoms with van der Waals surface area (Å²) in [4.78, 5) is 11.0. The van der Waals surface area contributed by atoms with E-state index in [2.05, 4.69) is 37.9 Å². The van der Waals surface area contributed by atoms with Crippen LogP contribution in [0, 0.1) is 8.34 Å². The van der Waals surface area contributed by atoms with E-state index in [9.17, 15) is 4.79 Å². The number of primary amides is 1. The number of amides is 1. The number of ether oxygens (including phenoxy) is 2. The van der Waals surface area contributed by atoms with Crippen molar-refractivity contribution in [2.24, 2.45) is 10.8 Å². The molecule has 10 heteroatoms. The van der Waals surface area contributed by atoms with E-state index in [0.717, 1.165) is 15.0 Å². The molecule has 3 N–H and O–H groups in total. The summed E-state index contributed by atoms with van der Waals surface area (Å²) in [6.45, 7) is 4.08. The average Bonchev–Trinajstić information content (AvgIpc) is 2.92. The predicted molar refractivity (Wildman–Crippen MR) is 105 cm³/mol. The molecule has 2 aromatic rings. The Morgan fingerprint density at radius 2 is 2.24 bits per heavy atom. The number of H-pyrrole nitrogens is 1. The first-order valence-corrected chi connectivity index (χ1v) is 9.03. The highest BCUT2D eigenvalue weighted by Gasteiger charge is 2.13. The molecule has 2 rings (SSSR count). The zero-order chi connectivity index (χ0) is 18.4. The minimum absolute atomic E-state index is 0.215. The third kappa shape index (κ3) is 5.01. The molecule has 1 aromatic heterocycles. The SMILES string of the molecule is CCOc1cc(/C=N\n2c(CC)n[nH]c2=S)cc(I)c1OCC(N)=O. The third-order valence-electron chi connectivity index (χ3n) is 3.05. The maximum absolute atomic E-state index is 11.0. The van der Waals surface area contributed by atoms with Crippen molar-refractivity contribution in [3.8, 4) is 11.5 Å². The fraction of sp³-hybridized carbons (Fsp3) is 0.333. The molecule has 1 amide bonds. The number of hydrogen-bond donors (Lipinski definition) is 2. The smallest absolute Gasteiger partial charge is 0.255 e. The lowest BCUT2D eigenvalue weighted by atomic mass is 10.2. The van der Waals surface area contributed by atoms with E-state index in [4.69, 9.17) is 27.4 Å². The number of carbonyl (C=O) groups excluding carboxylic acids is 1. The van der Waals surface area contributed by atoms with E-state index < -0.39 is 5.91 Å². The van der Waals surface area contributed by atoms with Gasteiger partial charge in [0.25, 0.3) is 5.91 Å². The Bertz CT molecular complexity index is 846. The van der Waals surface area contributed by atoms with Crippen LogP contribution in [0.2, 0.25) is 0 Å². The second-order valence-electron chi connectivity index (χ2n) is 4.87. The van der Waals surface area contributed by atoms with Crippen molar-refractivity contribution >= 4 is 46.9 Å². The first kappa shape index (κ1) is 19.4. The van der Waals surface area contributed by atoms with Crippen molar-refractivity contribution in [2.45, 2.75) is 20.3 Å². The highest BCUT2D eigenvalue weighted by molar-refractivity contribution is 14.1. The van der Waals surface area contributed by atoms with Gasteiger partial charge in [0.05, 0.1) is 16.4 Å². The van der Waals surface area contributed by atoms with Crippen LogP contribution in [0.4, 0.5) is 0 Å². The summed E-state index contributed by atoms with van der Waals surface area (Å²) in [6.07, 6.45) is 2.36. The normalized spacial score (nSPS) is 11.0. The molecule has 0 fully saturated rings. The summed E-state index contributed by atoms with van der Waals surface area (Å²) < 4.78 is 13.8. The number of rotatable bonds is 8. The van der Waals surface area contributed by atoms with Crippen LogP contribution in [0.1, 0.15) is 25.2 Å². The van der Waals surface area contributed by atoms with E-state index in [1.807, 2.05) is 19.9 Å². The van der Waals surface area contributed by atoms with Gasteiger partial charge in [-0.15, -0.1) is 0 Å². The van der Waals surface area contributed by atoms with Gasteiger partial charge in [-0.05, 0) is 59.4 Å². The highest BCUT2D eigenvalue weighted by Crippen LogP contribution is 2.33. The molecule has 0 radical (unpaired) electrons. The standard InChI is InChI=1S/C15H18IN5O3S/c1-3-13-19-20-15(25)21(13)18-7-9-5-10(16)14(24-8-12(17)22)11(6-9)23-4-2/h5-7H,3-4,8H2,1-2H3,(H2,17,22)(H,20,25)/b18-7-. The van der Waals surface area contributed by atoms with Gasteiger partial charge in [0.2, 0.25) is 4.77 Å². The van der Waals surface area contributed by atoms with Crippen molar-refractivity contribution in [1.29, 1.82) is 0 Å². The predicted octanol–water partition coefficient (Wildman–Crippen LogP) is 2.25. The lowest BCUT2D eigenvalue weighted by Gasteiger charge is -2.13. The molecule has 1 aromatic carbocycles.